The highest BCUT2D eigenvalue weighted by Crippen LogP contribution is 2.34. The Morgan fingerprint density at radius 3 is 1.96 bits per heavy atom. The van der Waals surface area contributed by atoms with E-state index in [9.17, 15) is 27.9 Å². The molecule has 0 saturated heterocycles. The zero-order chi connectivity index (χ0) is 19.1. The molecule has 1 N–H and O–H groups in total. The van der Waals surface area contributed by atoms with Crippen molar-refractivity contribution in [3.05, 3.63) is 34.1 Å². The molecule has 1 aromatic rings. The van der Waals surface area contributed by atoms with E-state index in [1.165, 1.54) is 0 Å². The quantitative estimate of drug-likeness (QED) is 0.219. The van der Waals surface area contributed by atoms with Gasteiger partial charge in [-0.25, -0.2) is 14.6 Å². The number of esters is 2. The van der Waals surface area contributed by atoms with Gasteiger partial charge in [0, 0.05) is 5.56 Å². The summed E-state index contributed by atoms with van der Waals surface area (Å²) in [5.41, 5.74) is -3.58. The number of alkyl halides is 3. The fraction of sp³-hybridized carbons (Fsp3) is 0.357. The molecule has 1 aromatic heterocycles. The summed E-state index contributed by atoms with van der Waals surface area (Å²) in [6.45, 7) is 4.00. The molecule has 1 heterocycles. The molecule has 6 nitrogen and oxygen atoms in total. The van der Waals surface area contributed by atoms with Crippen LogP contribution in [-0.2, 0) is 25.2 Å². The molecule has 0 saturated carbocycles. The SMILES string of the molecule is CC.COC(=O)C(C(=O)OC)=C(O)c1ccc(Cl)nc1C(F)(F)F. The largest absolute Gasteiger partial charge is 0.506 e. The van der Waals surface area contributed by atoms with Gasteiger partial charge in [0.1, 0.15) is 10.9 Å². The molecule has 0 spiro atoms. The van der Waals surface area contributed by atoms with Crippen LogP contribution in [0.5, 0.6) is 0 Å². The highest BCUT2D eigenvalue weighted by atomic mass is 35.5. The van der Waals surface area contributed by atoms with E-state index < -0.39 is 45.9 Å². The molecule has 0 aliphatic rings. The van der Waals surface area contributed by atoms with E-state index in [-0.39, 0.29) is 0 Å². The second kappa shape index (κ2) is 9.11. The predicted octanol–water partition coefficient (Wildman–Crippen LogP) is 3.40. The molecular formula is C14H15ClF3NO5. The molecule has 0 radical (unpaired) electrons. The molecule has 0 aromatic carbocycles. The Morgan fingerprint density at radius 2 is 1.58 bits per heavy atom. The number of nitrogens with zero attached hydrogens (tertiary/aromatic N) is 1. The van der Waals surface area contributed by atoms with Gasteiger partial charge >= 0.3 is 18.1 Å². The van der Waals surface area contributed by atoms with Crippen molar-refractivity contribution in [1.82, 2.24) is 4.98 Å². The molecule has 0 bridgehead atoms. The van der Waals surface area contributed by atoms with Gasteiger partial charge in [0.25, 0.3) is 0 Å². The Balaban J connectivity index is 0.00000254. The summed E-state index contributed by atoms with van der Waals surface area (Å²) in [4.78, 5) is 26.0. The predicted molar refractivity (Wildman–Crippen MR) is 79.2 cm³/mol. The Labute approximate surface area is 140 Å². The summed E-state index contributed by atoms with van der Waals surface area (Å²) in [5, 5.41) is 9.43. The Hall–Kier alpha value is -2.29. The molecule has 24 heavy (non-hydrogen) atoms. The number of halogens is 4. The number of ether oxygens (including phenoxy) is 2. The lowest BCUT2D eigenvalue weighted by atomic mass is 10.1. The summed E-state index contributed by atoms with van der Waals surface area (Å²) in [6.07, 6.45) is -4.98. The number of carbonyl (C=O) groups excluding carboxylic acids is 2. The minimum absolute atomic E-state index is 0.485. The van der Waals surface area contributed by atoms with Crippen LogP contribution in [0.15, 0.2) is 17.7 Å². The van der Waals surface area contributed by atoms with Gasteiger partial charge in [-0.2, -0.15) is 13.2 Å². The molecule has 1 rings (SSSR count). The number of carbonyl (C=O) groups is 2. The first-order valence-electron chi connectivity index (χ1n) is 6.47. The second-order valence-electron chi connectivity index (χ2n) is 3.73. The van der Waals surface area contributed by atoms with Gasteiger partial charge < -0.3 is 14.6 Å². The molecule has 0 aliphatic carbocycles. The monoisotopic (exact) mass is 369 g/mol. The molecule has 134 valence electrons. The topological polar surface area (TPSA) is 85.7 Å². The summed E-state index contributed by atoms with van der Waals surface area (Å²) in [6, 6.07) is 1.72. The van der Waals surface area contributed by atoms with Crippen LogP contribution >= 0.6 is 11.6 Å². The average Bonchev–Trinajstić information content (AvgIpc) is 2.55. The highest BCUT2D eigenvalue weighted by Gasteiger charge is 2.38. The number of hydrogen-bond acceptors (Lipinski definition) is 6. The van der Waals surface area contributed by atoms with Gasteiger partial charge in [0.2, 0.25) is 0 Å². The number of hydrogen-bond donors (Lipinski definition) is 1. The molecule has 10 heteroatoms. The van der Waals surface area contributed by atoms with Crippen LogP contribution < -0.4 is 0 Å². The van der Waals surface area contributed by atoms with Gasteiger partial charge in [0.05, 0.1) is 14.2 Å². The number of methoxy groups -OCH3 is 2. The maximum absolute atomic E-state index is 12.9. The van der Waals surface area contributed by atoms with Gasteiger partial charge in [-0.15, -0.1) is 0 Å². The molecule has 0 atom stereocenters. The summed E-state index contributed by atoms with van der Waals surface area (Å²) < 4.78 is 47.3. The fourth-order valence-corrected chi connectivity index (χ4v) is 1.61. The number of pyridine rings is 1. The average molecular weight is 370 g/mol. The van der Waals surface area contributed by atoms with Crippen molar-refractivity contribution >= 4 is 29.3 Å². The van der Waals surface area contributed by atoms with Crippen LogP contribution in [0.1, 0.15) is 25.1 Å². The standard InChI is InChI=1S/C12H9ClF3NO5.C2H6/c1-21-10(19)7(11(20)22-2)8(18)5-3-4-6(13)17-9(5)12(14,15)16;1-2/h3-4,18H,1-2H3;1-2H3. The molecule has 0 amide bonds. The second-order valence-corrected chi connectivity index (χ2v) is 4.12. The minimum Gasteiger partial charge on any atom is -0.506 e. The van der Waals surface area contributed by atoms with E-state index in [1.54, 1.807) is 0 Å². The van der Waals surface area contributed by atoms with Crippen molar-refractivity contribution in [2.75, 3.05) is 14.2 Å². The maximum atomic E-state index is 12.9. The van der Waals surface area contributed by atoms with Crippen LogP contribution in [0.2, 0.25) is 5.15 Å². The van der Waals surface area contributed by atoms with Crippen molar-refractivity contribution in [3.8, 4) is 0 Å². The molecule has 0 fully saturated rings. The molecular weight excluding hydrogens is 355 g/mol. The first kappa shape index (κ1) is 21.7. The van der Waals surface area contributed by atoms with E-state index in [0.29, 0.717) is 0 Å². The third kappa shape index (κ3) is 5.12. The lowest BCUT2D eigenvalue weighted by Crippen LogP contribution is -2.20. The van der Waals surface area contributed by atoms with Gasteiger partial charge in [-0.1, -0.05) is 25.4 Å². The zero-order valence-electron chi connectivity index (χ0n) is 13.2. The molecule has 0 aliphatic heterocycles. The number of rotatable bonds is 3. The number of aromatic nitrogens is 1. The van der Waals surface area contributed by atoms with Crippen LogP contribution in [0, 0.1) is 0 Å². The van der Waals surface area contributed by atoms with Crippen LogP contribution in [0.25, 0.3) is 5.76 Å². The first-order chi connectivity index (χ1) is 11.1. The third-order valence-corrected chi connectivity index (χ3v) is 2.61. The number of aliphatic hydroxyl groups excluding tert-OH is 1. The Kier molecular flexibility index (Phi) is 8.25. The summed E-state index contributed by atoms with van der Waals surface area (Å²) >= 11 is 5.39. The van der Waals surface area contributed by atoms with E-state index in [4.69, 9.17) is 11.6 Å². The van der Waals surface area contributed by atoms with E-state index in [2.05, 4.69) is 14.5 Å². The van der Waals surface area contributed by atoms with Gasteiger partial charge in [-0.3, -0.25) is 0 Å². The lowest BCUT2D eigenvalue weighted by molar-refractivity contribution is -0.145. The maximum Gasteiger partial charge on any atom is 0.434 e. The van der Waals surface area contributed by atoms with Crippen molar-refractivity contribution in [3.63, 3.8) is 0 Å². The van der Waals surface area contributed by atoms with Crippen molar-refractivity contribution in [2.24, 2.45) is 0 Å². The first-order valence-corrected chi connectivity index (χ1v) is 6.85. The van der Waals surface area contributed by atoms with E-state index in [1.807, 2.05) is 13.8 Å². The Morgan fingerprint density at radius 1 is 1.12 bits per heavy atom. The summed E-state index contributed by atoms with van der Waals surface area (Å²) in [5.74, 6) is -4.02. The third-order valence-electron chi connectivity index (χ3n) is 2.40. The Bertz CT molecular complexity index is 626. The van der Waals surface area contributed by atoms with Crippen molar-refractivity contribution in [2.45, 2.75) is 20.0 Å². The van der Waals surface area contributed by atoms with E-state index >= 15 is 0 Å². The summed E-state index contributed by atoms with van der Waals surface area (Å²) in [7, 11) is 1.76. The van der Waals surface area contributed by atoms with E-state index in [0.717, 1.165) is 26.4 Å². The van der Waals surface area contributed by atoms with Crippen molar-refractivity contribution in [1.29, 1.82) is 0 Å². The van der Waals surface area contributed by atoms with Crippen LogP contribution in [0.3, 0.4) is 0 Å². The highest BCUT2D eigenvalue weighted by molar-refractivity contribution is 6.29. The normalized spacial score (nSPS) is 10.2. The molecule has 0 unspecified atom stereocenters. The smallest absolute Gasteiger partial charge is 0.434 e. The van der Waals surface area contributed by atoms with Gasteiger partial charge in [0.15, 0.2) is 11.3 Å². The zero-order valence-corrected chi connectivity index (χ0v) is 13.9. The van der Waals surface area contributed by atoms with Gasteiger partial charge in [-0.05, 0) is 12.1 Å². The number of aliphatic hydroxyl groups is 1. The lowest BCUT2D eigenvalue weighted by Gasteiger charge is -2.13. The fourth-order valence-electron chi connectivity index (χ4n) is 1.46. The van der Waals surface area contributed by atoms with Crippen molar-refractivity contribution < 1.29 is 37.3 Å². The van der Waals surface area contributed by atoms with Crippen LogP contribution in [0.4, 0.5) is 13.2 Å². The minimum atomic E-state index is -4.98. The van der Waals surface area contributed by atoms with Crippen LogP contribution in [-0.4, -0.2) is 36.2 Å².